The Morgan fingerprint density at radius 2 is 2.04 bits per heavy atom. The number of carbonyl (C=O) groups excluding carboxylic acids is 2. The summed E-state index contributed by atoms with van der Waals surface area (Å²) in [5.41, 5.74) is 1.88. The van der Waals surface area contributed by atoms with Gasteiger partial charge in [0.05, 0.1) is 5.69 Å². The molecule has 8 nitrogen and oxygen atoms in total. The van der Waals surface area contributed by atoms with E-state index in [0.717, 1.165) is 5.01 Å². The van der Waals surface area contributed by atoms with Crippen molar-refractivity contribution in [3.8, 4) is 11.5 Å². The zero-order valence-corrected chi connectivity index (χ0v) is 14.2. The number of anilines is 1. The van der Waals surface area contributed by atoms with E-state index in [1.165, 1.54) is 30.1 Å². The average Bonchev–Trinajstić information content (AvgIpc) is 2.57. The van der Waals surface area contributed by atoms with Gasteiger partial charge in [0.2, 0.25) is 0 Å². The molecule has 1 aliphatic rings. The van der Waals surface area contributed by atoms with E-state index < -0.39 is 24.3 Å². The number of nitrogens with one attached hydrogen (secondary N) is 1. The molecule has 0 saturated heterocycles. The first-order chi connectivity index (χ1) is 11.6. The van der Waals surface area contributed by atoms with Crippen LogP contribution in [-0.2, 0) is 4.74 Å². The van der Waals surface area contributed by atoms with Crippen molar-refractivity contribution >= 4 is 17.8 Å². The zero-order chi connectivity index (χ0) is 18.8. The maximum atomic E-state index is 12.4. The topological polar surface area (TPSA) is 80.3 Å². The summed E-state index contributed by atoms with van der Waals surface area (Å²) >= 11 is 0. The molecule has 0 radical (unpaired) electrons. The van der Waals surface area contributed by atoms with Crippen molar-refractivity contribution in [3.63, 3.8) is 0 Å². The van der Waals surface area contributed by atoms with E-state index in [1.54, 1.807) is 20.8 Å². The van der Waals surface area contributed by atoms with E-state index >= 15 is 0 Å². The van der Waals surface area contributed by atoms with Gasteiger partial charge in [0, 0.05) is 13.1 Å². The molecule has 0 atom stereocenters. The summed E-state index contributed by atoms with van der Waals surface area (Å²) in [5.74, 6) is 0.0469. The van der Waals surface area contributed by atoms with Crippen LogP contribution in [0.2, 0.25) is 0 Å². The number of amides is 3. The molecule has 1 aliphatic heterocycles. The number of nitrogens with zero attached hydrogens (tertiary/aromatic N) is 2. The molecule has 0 aromatic heterocycles. The van der Waals surface area contributed by atoms with Crippen LogP contribution in [0.1, 0.15) is 20.8 Å². The van der Waals surface area contributed by atoms with E-state index in [0.29, 0.717) is 5.69 Å². The molecule has 0 aliphatic carbocycles. The van der Waals surface area contributed by atoms with Gasteiger partial charge in [-0.15, -0.1) is 0 Å². The zero-order valence-electron chi connectivity index (χ0n) is 14.2. The van der Waals surface area contributed by atoms with Crippen LogP contribution in [0.5, 0.6) is 11.5 Å². The standard InChI is InChI=1S/C15H19F2N3O5/c1-15(2,3)25-13(21)18-20-8-23-11-7-9(24-12(16)17)5-6-10(11)19(4)14(20)22/h5-7,12H,8H2,1-4H3,(H,18,21). The molecule has 10 heteroatoms. The fourth-order valence-corrected chi connectivity index (χ4v) is 2.03. The van der Waals surface area contributed by atoms with Crippen molar-refractivity contribution in [2.75, 3.05) is 18.7 Å². The highest BCUT2D eigenvalue weighted by molar-refractivity contribution is 5.94. The van der Waals surface area contributed by atoms with E-state index in [-0.39, 0.29) is 18.2 Å². The SMILES string of the molecule is CN1C(=O)N(NC(=O)OC(C)(C)C)COc2cc(OC(F)F)ccc21. The van der Waals surface area contributed by atoms with E-state index in [1.807, 2.05) is 0 Å². The smallest absolute Gasteiger partial charge is 0.426 e. The van der Waals surface area contributed by atoms with Gasteiger partial charge in [-0.3, -0.25) is 4.90 Å². The molecule has 1 N–H and O–H groups in total. The van der Waals surface area contributed by atoms with Crippen LogP contribution in [0.3, 0.4) is 0 Å². The van der Waals surface area contributed by atoms with Crippen LogP contribution in [0, 0.1) is 0 Å². The first kappa shape index (κ1) is 18.6. The number of hydrazine groups is 1. The molecular weight excluding hydrogens is 340 g/mol. The summed E-state index contributed by atoms with van der Waals surface area (Å²) < 4.78 is 39.4. The van der Waals surface area contributed by atoms with Crippen molar-refractivity contribution < 1.29 is 32.6 Å². The monoisotopic (exact) mass is 359 g/mol. The van der Waals surface area contributed by atoms with Crippen molar-refractivity contribution in [2.24, 2.45) is 0 Å². The maximum Gasteiger partial charge on any atom is 0.426 e. The van der Waals surface area contributed by atoms with E-state index in [9.17, 15) is 18.4 Å². The maximum absolute atomic E-state index is 12.4. The van der Waals surface area contributed by atoms with Crippen LogP contribution in [0.15, 0.2) is 18.2 Å². The van der Waals surface area contributed by atoms with Crippen LogP contribution in [0.25, 0.3) is 0 Å². The van der Waals surface area contributed by atoms with E-state index in [4.69, 9.17) is 9.47 Å². The summed E-state index contributed by atoms with van der Waals surface area (Å²) in [5, 5.41) is 0.904. The third-order valence-electron chi connectivity index (χ3n) is 3.01. The number of hydrogen-bond donors (Lipinski definition) is 1. The lowest BCUT2D eigenvalue weighted by atomic mass is 10.2. The first-order valence-electron chi connectivity index (χ1n) is 7.33. The van der Waals surface area contributed by atoms with Gasteiger partial charge < -0.3 is 14.2 Å². The van der Waals surface area contributed by atoms with Crippen molar-refractivity contribution in [2.45, 2.75) is 33.0 Å². The number of carbonyl (C=O) groups is 2. The predicted octanol–water partition coefficient (Wildman–Crippen LogP) is 2.94. The molecule has 1 aromatic carbocycles. The summed E-state index contributed by atoms with van der Waals surface area (Å²) in [6.45, 7) is 1.72. The van der Waals surface area contributed by atoms with Gasteiger partial charge in [0.1, 0.15) is 17.1 Å². The molecule has 0 unspecified atom stereocenters. The van der Waals surface area contributed by atoms with Crippen molar-refractivity contribution in [1.82, 2.24) is 10.4 Å². The van der Waals surface area contributed by atoms with Crippen molar-refractivity contribution in [1.29, 1.82) is 0 Å². The highest BCUT2D eigenvalue weighted by Gasteiger charge is 2.29. The molecule has 138 valence electrons. The van der Waals surface area contributed by atoms with Gasteiger partial charge in [-0.2, -0.15) is 13.8 Å². The fourth-order valence-electron chi connectivity index (χ4n) is 2.03. The Bertz CT molecular complexity index is 663. The van der Waals surface area contributed by atoms with Gasteiger partial charge in [0.15, 0.2) is 6.73 Å². The average molecular weight is 359 g/mol. The summed E-state index contributed by atoms with van der Waals surface area (Å²) in [6.07, 6.45) is -0.828. The molecule has 0 fully saturated rings. The third kappa shape index (κ3) is 4.85. The summed E-state index contributed by atoms with van der Waals surface area (Å²) in [4.78, 5) is 25.5. The lowest BCUT2D eigenvalue weighted by molar-refractivity contribution is -0.0499. The Morgan fingerprint density at radius 1 is 1.36 bits per heavy atom. The number of alkyl halides is 2. The van der Waals surface area contributed by atoms with Crippen molar-refractivity contribution in [3.05, 3.63) is 18.2 Å². The molecular formula is C15H19F2N3O5. The number of benzene rings is 1. The van der Waals surface area contributed by atoms with Crippen LogP contribution in [0.4, 0.5) is 24.1 Å². The number of hydrogen-bond acceptors (Lipinski definition) is 5. The molecule has 3 amide bonds. The number of rotatable bonds is 3. The summed E-state index contributed by atoms with van der Waals surface area (Å²) in [7, 11) is 1.45. The second-order valence-electron chi connectivity index (χ2n) is 6.16. The number of halogens is 2. The molecule has 25 heavy (non-hydrogen) atoms. The molecule has 2 rings (SSSR count). The first-order valence-corrected chi connectivity index (χ1v) is 7.33. The van der Waals surface area contributed by atoms with Crippen LogP contribution in [-0.4, -0.2) is 43.1 Å². The molecule has 0 spiro atoms. The van der Waals surface area contributed by atoms with Gasteiger partial charge in [-0.05, 0) is 32.9 Å². The minimum atomic E-state index is -2.98. The lowest BCUT2D eigenvalue weighted by Crippen LogP contribution is -2.52. The second-order valence-corrected chi connectivity index (χ2v) is 6.16. The second kappa shape index (κ2) is 6.99. The van der Waals surface area contributed by atoms with E-state index in [2.05, 4.69) is 10.2 Å². The largest absolute Gasteiger partial charge is 0.469 e. The third-order valence-corrected chi connectivity index (χ3v) is 3.01. The van der Waals surface area contributed by atoms with Gasteiger partial charge in [-0.1, -0.05) is 0 Å². The Hall–Kier alpha value is -2.78. The Balaban J connectivity index is 2.15. The highest BCUT2D eigenvalue weighted by atomic mass is 19.3. The fraction of sp³-hybridized carbons (Fsp3) is 0.467. The minimum absolute atomic E-state index is 0.108. The van der Waals surface area contributed by atoms with Crippen LogP contribution < -0.4 is 19.8 Å². The molecule has 0 bridgehead atoms. The quantitative estimate of drug-likeness (QED) is 0.898. The Morgan fingerprint density at radius 3 is 2.64 bits per heavy atom. The molecule has 0 saturated carbocycles. The normalized spacial score (nSPS) is 14.6. The lowest BCUT2D eigenvalue weighted by Gasteiger charge is -2.26. The minimum Gasteiger partial charge on any atom is -0.469 e. The predicted molar refractivity (Wildman–Crippen MR) is 83.6 cm³/mol. The molecule has 1 aromatic rings. The number of urea groups is 1. The van der Waals surface area contributed by atoms with Crippen LogP contribution >= 0.6 is 0 Å². The van der Waals surface area contributed by atoms with Gasteiger partial charge in [-0.25, -0.2) is 15.0 Å². The molecule has 1 heterocycles. The number of ether oxygens (including phenoxy) is 3. The highest BCUT2D eigenvalue weighted by Crippen LogP contribution is 2.34. The Labute approximate surface area is 143 Å². The van der Waals surface area contributed by atoms with Gasteiger partial charge in [0.25, 0.3) is 0 Å². The summed E-state index contributed by atoms with van der Waals surface area (Å²) in [6, 6.07) is 3.34. The number of fused-ring (bicyclic) bond motifs is 1. The Kier molecular flexibility index (Phi) is 5.19. The van der Waals surface area contributed by atoms with Gasteiger partial charge >= 0.3 is 18.7 Å².